The van der Waals surface area contributed by atoms with Gasteiger partial charge < -0.3 is 10.5 Å². The highest BCUT2D eigenvalue weighted by molar-refractivity contribution is 14.1. The lowest BCUT2D eigenvalue weighted by atomic mass is 9.93. The normalized spacial score (nSPS) is 14.4. The average Bonchev–Trinajstić information content (AvgIpc) is 2.18. The second kappa shape index (κ2) is 4.94. The smallest absolute Gasteiger partial charge is 0.330 e. The van der Waals surface area contributed by atoms with Gasteiger partial charge in [0.25, 0.3) is 0 Å². The first-order valence-corrected chi connectivity index (χ1v) is 5.78. The molecule has 82 valence electrons. The van der Waals surface area contributed by atoms with Crippen molar-refractivity contribution >= 4 is 28.6 Å². The van der Waals surface area contributed by atoms with Gasteiger partial charge in [0.05, 0.1) is 6.61 Å². The van der Waals surface area contributed by atoms with E-state index in [9.17, 15) is 4.79 Å². The maximum atomic E-state index is 11.6. The third kappa shape index (κ3) is 2.92. The number of hydrogen-bond acceptors (Lipinski definition) is 3. The molecule has 1 aromatic carbocycles. The Balaban J connectivity index is 2.94. The zero-order valence-corrected chi connectivity index (χ0v) is 10.9. The minimum Gasteiger partial charge on any atom is -0.464 e. The van der Waals surface area contributed by atoms with Gasteiger partial charge in [-0.15, -0.1) is 0 Å². The van der Waals surface area contributed by atoms with Crippen molar-refractivity contribution in [3.8, 4) is 0 Å². The van der Waals surface area contributed by atoms with Gasteiger partial charge in [0.15, 0.2) is 0 Å². The Kier molecular flexibility index (Phi) is 4.10. The molecule has 0 aliphatic heterocycles. The van der Waals surface area contributed by atoms with E-state index in [0.717, 1.165) is 9.13 Å². The molecule has 0 aromatic heterocycles. The van der Waals surface area contributed by atoms with Crippen molar-refractivity contribution in [1.29, 1.82) is 0 Å². The predicted molar refractivity (Wildman–Crippen MR) is 67.3 cm³/mol. The van der Waals surface area contributed by atoms with E-state index in [2.05, 4.69) is 22.6 Å². The maximum absolute atomic E-state index is 11.6. The minimum absolute atomic E-state index is 0.343. The predicted octanol–water partition coefficient (Wildman–Crippen LogP) is 2.03. The summed E-state index contributed by atoms with van der Waals surface area (Å²) in [4.78, 5) is 11.6. The van der Waals surface area contributed by atoms with Crippen molar-refractivity contribution in [3.05, 3.63) is 33.4 Å². The summed E-state index contributed by atoms with van der Waals surface area (Å²) in [6.07, 6.45) is 0. The standard InChI is InChI=1S/C11H14INO2/c1-3-15-10(14)11(2,13)8-4-6-9(12)7-5-8/h4-7H,3,13H2,1-2H3. The largest absolute Gasteiger partial charge is 0.464 e. The zero-order chi connectivity index (χ0) is 11.5. The molecule has 0 amide bonds. The van der Waals surface area contributed by atoms with Crippen molar-refractivity contribution < 1.29 is 9.53 Å². The highest BCUT2D eigenvalue weighted by Crippen LogP contribution is 2.20. The lowest BCUT2D eigenvalue weighted by Crippen LogP contribution is -2.43. The number of benzene rings is 1. The van der Waals surface area contributed by atoms with Gasteiger partial charge in [-0.05, 0) is 54.1 Å². The van der Waals surface area contributed by atoms with Crippen LogP contribution in [-0.2, 0) is 15.1 Å². The van der Waals surface area contributed by atoms with Gasteiger partial charge in [-0.3, -0.25) is 0 Å². The number of esters is 1. The number of hydrogen-bond donors (Lipinski definition) is 1. The number of ether oxygens (including phenoxy) is 1. The van der Waals surface area contributed by atoms with E-state index < -0.39 is 11.5 Å². The van der Waals surface area contributed by atoms with Crippen LogP contribution < -0.4 is 5.73 Å². The van der Waals surface area contributed by atoms with Gasteiger partial charge in [0, 0.05) is 3.57 Å². The number of rotatable bonds is 3. The fraction of sp³-hybridized carbons (Fsp3) is 0.364. The third-order valence-corrected chi connectivity index (χ3v) is 2.86. The topological polar surface area (TPSA) is 52.3 Å². The fourth-order valence-corrected chi connectivity index (χ4v) is 1.55. The molecule has 0 fully saturated rings. The van der Waals surface area contributed by atoms with E-state index in [-0.39, 0.29) is 0 Å². The Hall–Kier alpha value is -0.620. The van der Waals surface area contributed by atoms with Crippen LogP contribution in [0.3, 0.4) is 0 Å². The van der Waals surface area contributed by atoms with Gasteiger partial charge in [0.2, 0.25) is 0 Å². The lowest BCUT2D eigenvalue weighted by molar-refractivity contribution is -0.149. The van der Waals surface area contributed by atoms with E-state index in [1.54, 1.807) is 13.8 Å². The fourth-order valence-electron chi connectivity index (χ4n) is 1.19. The maximum Gasteiger partial charge on any atom is 0.330 e. The van der Waals surface area contributed by atoms with Gasteiger partial charge in [-0.2, -0.15) is 0 Å². The summed E-state index contributed by atoms with van der Waals surface area (Å²) in [7, 11) is 0. The Morgan fingerprint density at radius 2 is 2.00 bits per heavy atom. The molecule has 0 saturated carbocycles. The van der Waals surface area contributed by atoms with Crippen molar-refractivity contribution in [2.24, 2.45) is 5.73 Å². The molecule has 3 nitrogen and oxygen atoms in total. The van der Waals surface area contributed by atoms with Crippen molar-refractivity contribution in [3.63, 3.8) is 0 Å². The molecule has 0 aliphatic rings. The molecule has 0 spiro atoms. The number of carbonyl (C=O) groups is 1. The van der Waals surface area contributed by atoms with Gasteiger partial charge in [-0.1, -0.05) is 12.1 Å². The van der Waals surface area contributed by atoms with E-state index in [1.165, 1.54) is 0 Å². The number of carbonyl (C=O) groups excluding carboxylic acids is 1. The molecule has 1 unspecified atom stereocenters. The number of nitrogens with two attached hydrogens (primary N) is 1. The van der Waals surface area contributed by atoms with Crippen LogP contribution in [0.5, 0.6) is 0 Å². The van der Waals surface area contributed by atoms with Crippen molar-refractivity contribution in [1.82, 2.24) is 0 Å². The minimum atomic E-state index is -1.07. The molecule has 0 saturated heterocycles. The first-order valence-electron chi connectivity index (χ1n) is 4.70. The molecular weight excluding hydrogens is 305 g/mol. The summed E-state index contributed by atoms with van der Waals surface area (Å²) in [6, 6.07) is 7.53. The van der Waals surface area contributed by atoms with Crippen LogP contribution in [0.2, 0.25) is 0 Å². The Morgan fingerprint density at radius 1 is 1.47 bits per heavy atom. The van der Waals surface area contributed by atoms with E-state index in [4.69, 9.17) is 10.5 Å². The molecule has 1 rings (SSSR count). The van der Waals surface area contributed by atoms with E-state index in [1.807, 2.05) is 24.3 Å². The summed E-state index contributed by atoms with van der Waals surface area (Å²) in [6.45, 7) is 3.77. The van der Waals surface area contributed by atoms with Crippen LogP contribution in [0.25, 0.3) is 0 Å². The second-order valence-corrected chi connectivity index (χ2v) is 4.68. The number of halogens is 1. The molecule has 0 radical (unpaired) electrons. The molecular formula is C11H14INO2. The summed E-state index contributed by atoms with van der Waals surface area (Å²) < 4.78 is 6.03. The third-order valence-electron chi connectivity index (χ3n) is 2.14. The Bertz CT molecular complexity index is 346. The summed E-state index contributed by atoms with van der Waals surface area (Å²) in [5.74, 6) is -0.397. The van der Waals surface area contributed by atoms with Crippen molar-refractivity contribution in [2.75, 3.05) is 6.61 Å². The van der Waals surface area contributed by atoms with Crippen LogP contribution in [0.4, 0.5) is 0 Å². The van der Waals surface area contributed by atoms with Crippen LogP contribution >= 0.6 is 22.6 Å². The van der Waals surface area contributed by atoms with Crippen LogP contribution in [0.15, 0.2) is 24.3 Å². The molecule has 1 atom stereocenters. The summed E-state index contributed by atoms with van der Waals surface area (Å²) in [5.41, 5.74) is 5.64. The first kappa shape index (κ1) is 12.4. The molecule has 4 heteroatoms. The SMILES string of the molecule is CCOC(=O)C(C)(N)c1ccc(I)cc1. The molecule has 1 aromatic rings. The molecule has 0 heterocycles. The van der Waals surface area contributed by atoms with E-state index in [0.29, 0.717) is 6.61 Å². The van der Waals surface area contributed by atoms with Crippen LogP contribution in [0, 0.1) is 3.57 Å². The Morgan fingerprint density at radius 3 is 2.47 bits per heavy atom. The quantitative estimate of drug-likeness (QED) is 0.685. The van der Waals surface area contributed by atoms with Gasteiger partial charge in [0.1, 0.15) is 5.54 Å². The van der Waals surface area contributed by atoms with Gasteiger partial charge >= 0.3 is 5.97 Å². The lowest BCUT2D eigenvalue weighted by Gasteiger charge is -2.22. The first-order chi connectivity index (χ1) is 6.98. The van der Waals surface area contributed by atoms with Gasteiger partial charge in [-0.25, -0.2) is 4.79 Å². The highest BCUT2D eigenvalue weighted by Gasteiger charge is 2.31. The monoisotopic (exact) mass is 319 g/mol. The average molecular weight is 319 g/mol. The van der Waals surface area contributed by atoms with E-state index >= 15 is 0 Å². The highest BCUT2D eigenvalue weighted by atomic mass is 127. The molecule has 15 heavy (non-hydrogen) atoms. The van der Waals surface area contributed by atoms with Crippen LogP contribution in [-0.4, -0.2) is 12.6 Å². The van der Waals surface area contributed by atoms with Crippen molar-refractivity contribution in [2.45, 2.75) is 19.4 Å². The molecule has 0 bridgehead atoms. The Labute approximate surface area is 103 Å². The summed E-state index contributed by atoms with van der Waals surface area (Å²) >= 11 is 2.20. The van der Waals surface area contributed by atoms with Crippen LogP contribution in [0.1, 0.15) is 19.4 Å². The summed E-state index contributed by atoms with van der Waals surface area (Å²) in [5, 5.41) is 0. The molecule has 2 N–H and O–H groups in total. The molecule has 0 aliphatic carbocycles. The second-order valence-electron chi connectivity index (χ2n) is 3.43. The zero-order valence-electron chi connectivity index (χ0n) is 8.79.